The molecule has 4 nitrogen and oxygen atoms in total. The summed E-state index contributed by atoms with van der Waals surface area (Å²) in [6, 6.07) is 17.9. The minimum atomic E-state index is -0.572. The van der Waals surface area contributed by atoms with Gasteiger partial charge in [-0.25, -0.2) is 0 Å². The number of nitrogens with zero attached hydrogens (tertiary/aromatic N) is 1. The number of hydrogen-bond donors (Lipinski definition) is 0. The predicted octanol–water partition coefficient (Wildman–Crippen LogP) is 3.16. The third kappa shape index (κ3) is 3.02. The Morgan fingerprint density at radius 3 is 2.50 bits per heavy atom. The number of carbonyl (C=O) groups is 1. The Bertz CT molecular complexity index is 721. The molecule has 0 atom stereocenters. The molecular formula is C20H21NO3. The van der Waals surface area contributed by atoms with Crippen LogP contribution >= 0.6 is 0 Å². The fourth-order valence-electron chi connectivity index (χ4n) is 3.39. The Hall–Kier alpha value is -2.33. The first kappa shape index (κ1) is 15.2. The van der Waals surface area contributed by atoms with Gasteiger partial charge in [0.1, 0.15) is 5.75 Å². The fourth-order valence-corrected chi connectivity index (χ4v) is 3.39. The molecule has 1 spiro atoms. The summed E-state index contributed by atoms with van der Waals surface area (Å²) in [6.45, 7) is 1.93. The SMILES string of the molecule is O=C(Cc1ccccc1)N1CCC2(CC1)OCc1ccccc1O2. The Balaban J connectivity index is 1.38. The standard InChI is InChI=1S/C20H21NO3/c22-19(14-16-6-2-1-3-7-16)21-12-10-20(11-13-21)23-15-17-8-4-5-9-18(17)24-20/h1-9H,10-15H2. The maximum Gasteiger partial charge on any atom is 0.226 e. The van der Waals surface area contributed by atoms with E-state index in [0.717, 1.165) is 16.9 Å². The van der Waals surface area contributed by atoms with Crippen LogP contribution in [0, 0.1) is 0 Å². The second-order valence-electron chi connectivity index (χ2n) is 6.45. The van der Waals surface area contributed by atoms with Gasteiger partial charge in [0.15, 0.2) is 0 Å². The number of hydrogen-bond acceptors (Lipinski definition) is 3. The number of fused-ring (bicyclic) bond motifs is 1. The molecule has 124 valence electrons. The smallest absolute Gasteiger partial charge is 0.226 e. The van der Waals surface area contributed by atoms with Gasteiger partial charge in [-0.3, -0.25) is 4.79 Å². The average molecular weight is 323 g/mol. The van der Waals surface area contributed by atoms with E-state index in [9.17, 15) is 4.79 Å². The van der Waals surface area contributed by atoms with Gasteiger partial charge in [0, 0.05) is 31.5 Å². The van der Waals surface area contributed by atoms with Gasteiger partial charge >= 0.3 is 0 Å². The Morgan fingerprint density at radius 1 is 1.00 bits per heavy atom. The van der Waals surface area contributed by atoms with Crippen molar-refractivity contribution in [3.63, 3.8) is 0 Å². The second-order valence-corrected chi connectivity index (χ2v) is 6.45. The van der Waals surface area contributed by atoms with Gasteiger partial charge in [0.25, 0.3) is 0 Å². The number of ether oxygens (including phenoxy) is 2. The molecule has 0 aliphatic carbocycles. The monoisotopic (exact) mass is 323 g/mol. The third-order valence-electron chi connectivity index (χ3n) is 4.84. The Morgan fingerprint density at radius 2 is 1.71 bits per heavy atom. The average Bonchev–Trinajstić information content (AvgIpc) is 2.63. The molecule has 0 radical (unpaired) electrons. The predicted molar refractivity (Wildman–Crippen MR) is 90.6 cm³/mol. The number of carbonyl (C=O) groups excluding carboxylic acids is 1. The van der Waals surface area contributed by atoms with Gasteiger partial charge in [-0.15, -0.1) is 0 Å². The third-order valence-corrected chi connectivity index (χ3v) is 4.84. The molecule has 4 heteroatoms. The highest BCUT2D eigenvalue weighted by molar-refractivity contribution is 5.78. The van der Waals surface area contributed by atoms with Crippen molar-refractivity contribution in [2.45, 2.75) is 31.7 Å². The van der Waals surface area contributed by atoms with E-state index >= 15 is 0 Å². The lowest BCUT2D eigenvalue weighted by Gasteiger charge is -2.44. The van der Waals surface area contributed by atoms with Crippen LogP contribution in [0.15, 0.2) is 54.6 Å². The van der Waals surface area contributed by atoms with Crippen molar-refractivity contribution in [3.8, 4) is 5.75 Å². The fraction of sp³-hybridized carbons (Fsp3) is 0.350. The van der Waals surface area contributed by atoms with Crippen LogP contribution in [0.5, 0.6) is 5.75 Å². The van der Waals surface area contributed by atoms with E-state index in [2.05, 4.69) is 0 Å². The minimum absolute atomic E-state index is 0.173. The lowest BCUT2D eigenvalue weighted by molar-refractivity contribution is -0.227. The molecule has 24 heavy (non-hydrogen) atoms. The Labute approximate surface area is 142 Å². The molecule has 4 rings (SSSR count). The first-order valence-corrected chi connectivity index (χ1v) is 8.47. The number of benzene rings is 2. The molecule has 0 aromatic heterocycles. The van der Waals surface area contributed by atoms with Crippen LogP contribution < -0.4 is 4.74 Å². The topological polar surface area (TPSA) is 38.8 Å². The van der Waals surface area contributed by atoms with Gasteiger partial charge in [-0.1, -0.05) is 48.5 Å². The zero-order chi connectivity index (χ0) is 16.4. The maximum absolute atomic E-state index is 12.5. The zero-order valence-corrected chi connectivity index (χ0v) is 13.6. The summed E-state index contributed by atoms with van der Waals surface area (Å²) in [4.78, 5) is 14.4. The molecule has 2 aromatic rings. The van der Waals surface area contributed by atoms with Crippen LogP contribution in [0.3, 0.4) is 0 Å². The van der Waals surface area contributed by atoms with Gasteiger partial charge in [-0.2, -0.15) is 0 Å². The lowest BCUT2D eigenvalue weighted by Crippen LogP contribution is -2.52. The normalized spacial score (nSPS) is 18.8. The van der Waals surface area contributed by atoms with Crippen LogP contribution in [-0.4, -0.2) is 29.7 Å². The lowest BCUT2D eigenvalue weighted by atomic mass is 10.0. The minimum Gasteiger partial charge on any atom is -0.462 e. The van der Waals surface area contributed by atoms with Crippen molar-refractivity contribution in [1.82, 2.24) is 4.90 Å². The number of likely N-dealkylation sites (tertiary alicyclic amines) is 1. The molecular weight excluding hydrogens is 302 g/mol. The van der Waals surface area contributed by atoms with E-state index in [0.29, 0.717) is 39.0 Å². The highest BCUT2D eigenvalue weighted by Crippen LogP contribution is 2.37. The van der Waals surface area contributed by atoms with E-state index in [1.54, 1.807) is 0 Å². The van der Waals surface area contributed by atoms with Crippen molar-refractivity contribution in [1.29, 1.82) is 0 Å². The van der Waals surface area contributed by atoms with Crippen LogP contribution in [-0.2, 0) is 22.6 Å². The Kier molecular flexibility index (Phi) is 3.98. The summed E-state index contributed by atoms with van der Waals surface area (Å²) in [5, 5.41) is 0. The molecule has 1 amide bonds. The van der Waals surface area contributed by atoms with Crippen molar-refractivity contribution < 1.29 is 14.3 Å². The zero-order valence-electron chi connectivity index (χ0n) is 13.6. The molecule has 0 N–H and O–H groups in total. The van der Waals surface area contributed by atoms with Gasteiger partial charge < -0.3 is 14.4 Å². The van der Waals surface area contributed by atoms with E-state index in [1.165, 1.54) is 0 Å². The van der Waals surface area contributed by atoms with Crippen LogP contribution in [0.2, 0.25) is 0 Å². The molecule has 2 aliphatic rings. The first-order chi connectivity index (χ1) is 11.7. The number of piperidine rings is 1. The number of rotatable bonds is 2. The van der Waals surface area contributed by atoms with E-state index < -0.39 is 5.79 Å². The highest BCUT2D eigenvalue weighted by atomic mass is 16.7. The summed E-state index contributed by atoms with van der Waals surface area (Å²) in [7, 11) is 0. The van der Waals surface area contributed by atoms with Gasteiger partial charge in [-0.05, 0) is 11.6 Å². The first-order valence-electron chi connectivity index (χ1n) is 8.47. The molecule has 2 heterocycles. The van der Waals surface area contributed by atoms with Crippen LogP contribution in [0.25, 0.3) is 0 Å². The number of para-hydroxylation sites is 1. The van der Waals surface area contributed by atoms with Gasteiger partial charge in [0.2, 0.25) is 11.7 Å². The summed E-state index contributed by atoms with van der Waals surface area (Å²) < 4.78 is 12.2. The summed E-state index contributed by atoms with van der Waals surface area (Å²) in [5.41, 5.74) is 2.15. The van der Waals surface area contributed by atoms with Crippen molar-refractivity contribution >= 4 is 5.91 Å². The second kappa shape index (κ2) is 6.29. The number of amides is 1. The van der Waals surface area contributed by atoms with E-state index in [1.807, 2.05) is 59.5 Å². The largest absolute Gasteiger partial charge is 0.462 e. The summed E-state index contributed by atoms with van der Waals surface area (Å²) in [5.74, 6) is 0.512. The maximum atomic E-state index is 12.5. The molecule has 1 fully saturated rings. The molecule has 0 saturated carbocycles. The molecule has 0 unspecified atom stereocenters. The van der Waals surface area contributed by atoms with E-state index in [4.69, 9.17) is 9.47 Å². The van der Waals surface area contributed by atoms with Crippen molar-refractivity contribution in [3.05, 3.63) is 65.7 Å². The summed E-state index contributed by atoms with van der Waals surface area (Å²) in [6.07, 6.45) is 1.88. The quantitative estimate of drug-likeness (QED) is 0.852. The van der Waals surface area contributed by atoms with Crippen molar-refractivity contribution in [2.24, 2.45) is 0 Å². The summed E-state index contributed by atoms with van der Waals surface area (Å²) >= 11 is 0. The highest BCUT2D eigenvalue weighted by Gasteiger charge is 2.41. The van der Waals surface area contributed by atoms with Crippen LogP contribution in [0.4, 0.5) is 0 Å². The van der Waals surface area contributed by atoms with Crippen LogP contribution in [0.1, 0.15) is 24.0 Å². The molecule has 2 aromatic carbocycles. The van der Waals surface area contributed by atoms with Gasteiger partial charge in [0.05, 0.1) is 13.0 Å². The molecule has 2 aliphatic heterocycles. The molecule has 0 bridgehead atoms. The molecule has 1 saturated heterocycles. The van der Waals surface area contributed by atoms with Crippen molar-refractivity contribution in [2.75, 3.05) is 13.1 Å². The van der Waals surface area contributed by atoms with E-state index in [-0.39, 0.29) is 5.91 Å².